The quantitative estimate of drug-likeness (QED) is 0.0258. The van der Waals surface area contributed by atoms with Gasteiger partial charge in [0.15, 0.2) is 34.7 Å². The van der Waals surface area contributed by atoms with E-state index in [1.807, 2.05) is 0 Å². The summed E-state index contributed by atoms with van der Waals surface area (Å²) in [4.78, 5) is 36.7. The van der Waals surface area contributed by atoms with Crippen molar-refractivity contribution >= 4 is 24.1 Å². The first-order chi connectivity index (χ1) is 36.2. The van der Waals surface area contributed by atoms with E-state index in [1.54, 1.807) is 0 Å². The van der Waals surface area contributed by atoms with Crippen LogP contribution in [-0.4, -0.2) is 194 Å². The summed E-state index contributed by atoms with van der Waals surface area (Å²) in [5, 5.41) is 148. The molecule has 0 spiro atoms. The molecular formula is C51H53O25+. The van der Waals surface area contributed by atoms with Gasteiger partial charge in [0.2, 0.25) is 12.9 Å². The minimum atomic E-state index is -2.13. The SMILES string of the molecule is O=C(C=Cc1ccc(O)c(O)c1)OC[C@H]1O[C@@H](O[C@@H]2[C@@H](O)[C@H](O)[C@@H](COC(=[OH+])C=Cc3ccc(O)c(O)c3)O[C@H]2c2cc3c(O[C@@H]4O[C@H](CO)[C@@H](O)[C@H](O)[C@H]4O)cc(=O)cc-3oc2-c2ccc(O)cc2)[C@H](O)[C@@H](O)[C@@H]1O. The number of ether oxygens (including phenoxy) is 7. The number of carbonyl (C=O) groups is 1. The molecule has 3 fully saturated rings. The highest BCUT2D eigenvalue weighted by Gasteiger charge is 2.53. The molecule has 5 aliphatic rings. The summed E-state index contributed by atoms with van der Waals surface area (Å²) < 4.78 is 47.1. The van der Waals surface area contributed by atoms with Crippen LogP contribution in [0.2, 0.25) is 0 Å². The summed E-state index contributed by atoms with van der Waals surface area (Å²) in [6.07, 6.45) is -23.6. The first kappa shape index (κ1) is 55.0. The highest BCUT2D eigenvalue weighted by molar-refractivity contribution is 5.88. The lowest BCUT2D eigenvalue weighted by Gasteiger charge is -2.46. The van der Waals surface area contributed by atoms with Gasteiger partial charge in [-0.05, 0) is 77.9 Å². The maximum absolute atomic E-state index is 13.2. The number of hydrogen-bond donors (Lipinski definition) is 14. The van der Waals surface area contributed by atoms with Crippen LogP contribution in [0.4, 0.5) is 0 Å². The molecule has 406 valence electrons. The van der Waals surface area contributed by atoms with Crippen LogP contribution in [0.5, 0.6) is 34.5 Å². The number of phenolic OH excluding ortho intramolecular Hbond substituents is 5. The van der Waals surface area contributed by atoms with Crippen LogP contribution < -0.4 is 10.2 Å². The molecule has 4 aliphatic heterocycles. The van der Waals surface area contributed by atoms with E-state index in [9.17, 15) is 85.9 Å². The van der Waals surface area contributed by atoms with Gasteiger partial charge in [-0.25, -0.2) is 4.79 Å². The minimum absolute atomic E-state index is 0.105. The number of esters is 2. The number of benzene rings is 4. The molecule has 3 aromatic rings. The molecule has 0 radical (unpaired) electrons. The van der Waals surface area contributed by atoms with Crippen molar-refractivity contribution in [1.29, 1.82) is 0 Å². The van der Waals surface area contributed by atoms with Gasteiger partial charge in [0.25, 0.3) is 0 Å². The highest BCUT2D eigenvalue weighted by atomic mass is 16.7. The summed E-state index contributed by atoms with van der Waals surface area (Å²) in [6, 6.07) is 16.1. The predicted octanol–water partition coefficient (Wildman–Crippen LogP) is -1.04. The Morgan fingerprint density at radius 1 is 0.592 bits per heavy atom. The van der Waals surface area contributed by atoms with Gasteiger partial charge in [-0.1, -0.05) is 12.1 Å². The smallest absolute Gasteiger partial charge is 0.508 e. The van der Waals surface area contributed by atoms with Crippen molar-refractivity contribution in [2.24, 2.45) is 0 Å². The van der Waals surface area contributed by atoms with Crippen LogP contribution in [0.25, 0.3) is 34.8 Å². The van der Waals surface area contributed by atoms with Crippen molar-refractivity contribution in [2.75, 3.05) is 19.8 Å². The Balaban J connectivity index is 1.16. The number of rotatable bonds is 15. The number of phenols is 5. The Morgan fingerprint density at radius 2 is 1.16 bits per heavy atom. The van der Waals surface area contributed by atoms with Crippen LogP contribution in [0.15, 0.2) is 100 Å². The Labute approximate surface area is 428 Å². The molecule has 15 atom stereocenters. The number of aromatic hydroxyl groups is 5. The molecule has 76 heavy (non-hydrogen) atoms. The van der Waals surface area contributed by atoms with Gasteiger partial charge in [0.05, 0.1) is 18.2 Å². The fraction of sp³-hybridized carbons (Fsp3) is 0.353. The lowest BCUT2D eigenvalue weighted by Crippen LogP contribution is -2.63. The first-order valence-corrected chi connectivity index (χ1v) is 23.2. The van der Waals surface area contributed by atoms with Crippen LogP contribution in [0, 0.1) is 0 Å². The Bertz CT molecular complexity index is 2940. The molecular weight excluding hydrogens is 1010 g/mol. The molecule has 25 heteroatoms. The second kappa shape index (κ2) is 23.4. The largest absolute Gasteiger partial charge is 0.510 e. The molecule has 8 rings (SSSR count). The van der Waals surface area contributed by atoms with Gasteiger partial charge >= 0.3 is 11.9 Å². The normalized spacial score (nSPS) is 29.9. The Kier molecular flexibility index (Phi) is 16.9. The zero-order valence-corrected chi connectivity index (χ0v) is 39.4. The third-order valence-electron chi connectivity index (χ3n) is 12.6. The molecule has 3 saturated heterocycles. The van der Waals surface area contributed by atoms with E-state index in [-0.39, 0.29) is 45.3 Å². The van der Waals surface area contributed by atoms with E-state index in [0.29, 0.717) is 5.56 Å². The fourth-order valence-corrected chi connectivity index (χ4v) is 8.48. The van der Waals surface area contributed by atoms with E-state index in [1.165, 1.54) is 72.8 Å². The molecule has 1 aliphatic carbocycles. The maximum atomic E-state index is 13.2. The molecule has 0 amide bonds. The van der Waals surface area contributed by atoms with Gasteiger partial charge in [-0.2, -0.15) is 0 Å². The van der Waals surface area contributed by atoms with Crippen molar-refractivity contribution < 1.29 is 119 Å². The first-order valence-electron chi connectivity index (χ1n) is 23.2. The lowest BCUT2D eigenvalue weighted by molar-refractivity contribution is -0.342. The zero-order valence-electron chi connectivity index (χ0n) is 39.4. The molecule has 0 saturated carbocycles. The van der Waals surface area contributed by atoms with Crippen LogP contribution >= 0.6 is 0 Å². The van der Waals surface area contributed by atoms with Crippen LogP contribution in [0.1, 0.15) is 22.8 Å². The van der Waals surface area contributed by atoms with E-state index < -0.39 is 152 Å². The summed E-state index contributed by atoms with van der Waals surface area (Å²) in [6.45, 7) is -2.34. The zero-order chi connectivity index (χ0) is 54.7. The highest BCUT2D eigenvalue weighted by Crippen LogP contribution is 2.46. The summed E-state index contributed by atoms with van der Waals surface area (Å²) >= 11 is 0. The van der Waals surface area contributed by atoms with Crippen molar-refractivity contribution in [1.82, 2.24) is 0 Å². The van der Waals surface area contributed by atoms with E-state index in [2.05, 4.69) is 0 Å². The van der Waals surface area contributed by atoms with Gasteiger partial charge < -0.3 is 114 Å². The third-order valence-corrected chi connectivity index (χ3v) is 12.6. The molecule has 4 heterocycles. The van der Waals surface area contributed by atoms with Crippen molar-refractivity contribution in [2.45, 2.75) is 91.9 Å². The third kappa shape index (κ3) is 12.1. The van der Waals surface area contributed by atoms with E-state index in [4.69, 9.17) is 37.6 Å². The van der Waals surface area contributed by atoms with Gasteiger partial charge in [0, 0.05) is 29.3 Å². The average Bonchev–Trinajstić information content (AvgIpc) is 3.41. The lowest BCUT2D eigenvalue weighted by atomic mass is 9.88. The summed E-state index contributed by atoms with van der Waals surface area (Å²) in [7, 11) is 0. The predicted molar refractivity (Wildman–Crippen MR) is 256 cm³/mol. The maximum Gasteiger partial charge on any atom is 0.510 e. The number of aliphatic hydroxyl groups excluding tert-OH is 9. The summed E-state index contributed by atoms with van der Waals surface area (Å²) in [5.74, 6) is -4.47. The molecule has 15 N–H and O–H groups in total. The molecule has 3 aromatic carbocycles. The van der Waals surface area contributed by atoms with Crippen LogP contribution in [0.3, 0.4) is 0 Å². The molecule has 0 aromatic heterocycles. The second-order valence-electron chi connectivity index (χ2n) is 17.9. The van der Waals surface area contributed by atoms with Gasteiger partial charge in [0.1, 0.15) is 109 Å². The van der Waals surface area contributed by atoms with E-state index >= 15 is 0 Å². The monoisotopic (exact) mass is 1070 g/mol. The minimum Gasteiger partial charge on any atom is -0.508 e. The Hall–Kier alpha value is -7.21. The number of fused-ring (bicyclic) bond motifs is 1. The van der Waals surface area contributed by atoms with Gasteiger partial charge in [-0.15, -0.1) is 0 Å². The number of hydrogen-bond acceptors (Lipinski definition) is 24. The van der Waals surface area contributed by atoms with Crippen molar-refractivity contribution in [3.63, 3.8) is 0 Å². The Morgan fingerprint density at radius 3 is 1.79 bits per heavy atom. The molecule has 25 nitrogen and oxygen atoms in total. The molecule has 0 bridgehead atoms. The van der Waals surface area contributed by atoms with Crippen molar-refractivity contribution in [3.8, 4) is 57.1 Å². The standard InChI is InChI=1S/C51H52O25/c52-18-34-39(61)42(64)45(67)50(74-34)73-33-16-25(54)15-32-26(33)17-27(47(71-32)23-5-7-24(53)8-6-23)48-49(44(66)41(63)35(72-48)19-69-37(59)11-3-21-1-9-28(55)30(57)13-21)76-51-46(68)43(65)40(62)36(75-51)20-70-38(60)12-4-22-2-10-29(56)31(58)14-22/h1-17,34-36,39-46,48-53,55-58,61-68H,18-20H2/p+1/t34-,35-,36-,39-,40-,41-,42+,43+,44+,45-,46-,48+,49-,50-,51+/m1/s1. The van der Waals surface area contributed by atoms with Gasteiger partial charge in [-0.3, -0.25) is 4.79 Å². The summed E-state index contributed by atoms with van der Waals surface area (Å²) in [5.41, 5.74) is -0.206. The molecule has 0 unspecified atom stereocenters. The van der Waals surface area contributed by atoms with E-state index in [0.717, 1.165) is 30.4 Å². The average molecular weight is 1070 g/mol. The topological polar surface area (TPSA) is 417 Å². The number of aliphatic hydroxyl groups is 9. The van der Waals surface area contributed by atoms with Crippen LogP contribution in [-0.2, 0) is 33.2 Å². The number of carbonyl (C=O) groups excluding carboxylic acids is 2. The second-order valence-corrected chi connectivity index (χ2v) is 17.9. The fourth-order valence-electron chi connectivity index (χ4n) is 8.48. The van der Waals surface area contributed by atoms with Crippen molar-refractivity contribution in [3.05, 3.63) is 118 Å².